The van der Waals surface area contributed by atoms with Gasteiger partial charge in [0.05, 0.1) is 10.0 Å². The van der Waals surface area contributed by atoms with Crippen LogP contribution in [0.4, 0.5) is 0 Å². The molecule has 0 amide bonds. The van der Waals surface area contributed by atoms with Gasteiger partial charge in [0, 0.05) is 13.0 Å². The number of hydrogen-bond donors (Lipinski definition) is 0. The highest BCUT2D eigenvalue weighted by Crippen LogP contribution is 2.03. The third-order valence-corrected chi connectivity index (χ3v) is 0.968. The number of hydrazone groups is 1. The largest absolute Gasteiger partial charge is 0.270 e. The summed E-state index contributed by atoms with van der Waals surface area (Å²) >= 11 is 0. The Morgan fingerprint density at radius 1 is 1.62 bits per heavy atom. The summed E-state index contributed by atoms with van der Waals surface area (Å²) in [5.41, 5.74) is 1.43. The van der Waals surface area contributed by atoms with Gasteiger partial charge in [0.2, 0.25) is 0 Å². The van der Waals surface area contributed by atoms with E-state index in [4.69, 9.17) is 0 Å². The minimum atomic E-state index is 0.620. The van der Waals surface area contributed by atoms with E-state index in [1.165, 1.54) is 0 Å². The first-order chi connectivity index (χ1) is 3.70. The van der Waals surface area contributed by atoms with E-state index in [1.54, 1.807) is 19.9 Å². The van der Waals surface area contributed by atoms with Gasteiger partial charge in [0.1, 0.15) is 5.71 Å². The van der Waals surface area contributed by atoms with Crippen LogP contribution in [0.15, 0.2) is 16.9 Å². The van der Waals surface area contributed by atoms with E-state index >= 15 is 0 Å². The average molecular weight is 111 g/mol. The maximum Gasteiger partial charge on any atom is 0.270 e. The van der Waals surface area contributed by atoms with E-state index < -0.39 is 0 Å². The second-order valence-corrected chi connectivity index (χ2v) is 1.80. The molecule has 0 N–H and O–H groups in total. The second-order valence-electron chi connectivity index (χ2n) is 1.80. The zero-order valence-corrected chi connectivity index (χ0v) is 4.88. The van der Waals surface area contributed by atoms with Gasteiger partial charge in [-0.1, -0.05) is 0 Å². The zero-order chi connectivity index (χ0) is 6.15. The van der Waals surface area contributed by atoms with Gasteiger partial charge in [-0.2, -0.15) is 0 Å². The van der Waals surface area contributed by atoms with Gasteiger partial charge in [0.15, 0.2) is 4.87 Å². The van der Waals surface area contributed by atoms with Gasteiger partial charge in [-0.05, 0) is 6.92 Å². The molecule has 1 heterocycles. The van der Waals surface area contributed by atoms with Crippen molar-refractivity contribution in [3.63, 3.8) is 0 Å². The van der Waals surface area contributed by atoms with Crippen LogP contribution >= 0.6 is 0 Å². The van der Waals surface area contributed by atoms with E-state index in [9.17, 15) is 4.91 Å². The molecule has 1 aliphatic rings. The summed E-state index contributed by atoms with van der Waals surface area (Å²) in [6, 6.07) is 0. The van der Waals surface area contributed by atoms with Gasteiger partial charge < -0.3 is 0 Å². The van der Waals surface area contributed by atoms with Gasteiger partial charge in [-0.25, -0.2) is 0 Å². The monoisotopic (exact) mass is 111 g/mol. The lowest BCUT2D eigenvalue weighted by atomic mass is 10.4. The zero-order valence-electron chi connectivity index (χ0n) is 4.88. The molecule has 1 rings (SSSR count). The molecule has 8 heavy (non-hydrogen) atoms. The Labute approximate surface area is 47.3 Å². The first-order valence-corrected chi connectivity index (χ1v) is 2.41. The molecule has 42 valence electrons. The van der Waals surface area contributed by atoms with Crippen molar-refractivity contribution >= 4 is 5.71 Å². The SMILES string of the molecule is CC1=CC(C)=N[N+]1=O. The predicted molar refractivity (Wildman–Crippen MR) is 30.5 cm³/mol. The predicted octanol–water partition coefficient (Wildman–Crippen LogP) is 1.06. The van der Waals surface area contributed by atoms with Crippen LogP contribution in [-0.4, -0.2) is 10.6 Å². The minimum absolute atomic E-state index is 0.620. The summed E-state index contributed by atoms with van der Waals surface area (Å²) in [6.45, 7) is 3.52. The summed E-state index contributed by atoms with van der Waals surface area (Å²) in [6.07, 6.45) is 1.74. The van der Waals surface area contributed by atoms with Crippen molar-refractivity contribution in [2.75, 3.05) is 0 Å². The molecule has 0 atom stereocenters. The Hall–Kier alpha value is -0.990. The molecule has 0 aromatic rings. The molecule has 0 radical (unpaired) electrons. The summed E-state index contributed by atoms with van der Waals surface area (Å²) in [5, 5.41) is 3.57. The smallest absolute Gasteiger partial charge is 0.0157 e. The van der Waals surface area contributed by atoms with Crippen molar-refractivity contribution in [2.45, 2.75) is 13.8 Å². The second kappa shape index (κ2) is 1.51. The summed E-state index contributed by atoms with van der Waals surface area (Å²) < 4.78 is 0. The first kappa shape index (κ1) is 5.15. The van der Waals surface area contributed by atoms with E-state index in [1.807, 2.05) is 0 Å². The number of rotatable bonds is 0. The molecule has 0 aliphatic carbocycles. The lowest BCUT2D eigenvalue weighted by Gasteiger charge is -1.66. The number of nitrogens with zero attached hydrogens (tertiary/aromatic N) is 2. The Balaban J connectivity index is 2.95. The van der Waals surface area contributed by atoms with E-state index in [-0.39, 0.29) is 0 Å². The molecule has 0 spiro atoms. The van der Waals surface area contributed by atoms with Gasteiger partial charge in [-0.3, -0.25) is 0 Å². The molecule has 3 heteroatoms. The van der Waals surface area contributed by atoms with Crippen LogP contribution in [0.1, 0.15) is 13.8 Å². The van der Waals surface area contributed by atoms with Gasteiger partial charge in [0.25, 0.3) is 5.70 Å². The third kappa shape index (κ3) is 0.665. The summed E-state index contributed by atoms with van der Waals surface area (Å²) in [4.78, 5) is 11.1. The lowest BCUT2D eigenvalue weighted by molar-refractivity contribution is -0.499. The average Bonchev–Trinajstić information content (AvgIpc) is 1.85. The van der Waals surface area contributed by atoms with E-state index in [0.717, 1.165) is 5.71 Å². The summed E-state index contributed by atoms with van der Waals surface area (Å²) in [5.74, 6) is 0. The molecular formula is C5H7N2O+. The summed E-state index contributed by atoms with van der Waals surface area (Å²) in [7, 11) is 0. The van der Waals surface area contributed by atoms with Crippen molar-refractivity contribution < 1.29 is 4.87 Å². The van der Waals surface area contributed by atoms with Crippen LogP contribution in [-0.2, 0) is 0 Å². The van der Waals surface area contributed by atoms with Crippen molar-refractivity contribution in [3.05, 3.63) is 16.7 Å². The number of nitroso groups, excluding NO2 is 1. The van der Waals surface area contributed by atoms with E-state index in [2.05, 4.69) is 5.10 Å². The third-order valence-electron chi connectivity index (χ3n) is 0.968. The molecule has 0 aromatic carbocycles. The number of hydrogen-bond acceptors (Lipinski definition) is 1. The maximum atomic E-state index is 10.4. The molecule has 3 nitrogen and oxygen atoms in total. The molecule has 0 saturated heterocycles. The van der Waals surface area contributed by atoms with Crippen molar-refractivity contribution in [2.24, 2.45) is 5.10 Å². The molecule has 0 saturated carbocycles. The van der Waals surface area contributed by atoms with Crippen LogP contribution in [0, 0.1) is 4.91 Å². The van der Waals surface area contributed by atoms with Crippen LogP contribution in [0.5, 0.6) is 0 Å². The molecule has 0 fully saturated rings. The molecule has 0 bridgehead atoms. The Bertz CT molecular complexity index is 188. The van der Waals surface area contributed by atoms with Crippen LogP contribution < -0.4 is 0 Å². The molecule has 0 unspecified atom stereocenters. The lowest BCUT2D eigenvalue weighted by Crippen LogP contribution is -1.88. The maximum absolute atomic E-state index is 10.4. The normalized spacial score (nSPS) is 18.5. The fourth-order valence-corrected chi connectivity index (χ4v) is 0.609. The standard InChI is InChI=1S/C5H7N2O/c1-4-3-5(2)7(8)6-4/h3H,1-2H3/q+1. The Kier molecular flexibility index (Phi) is 0.970. The highest BCUT2D eigenvalue weighted by molar-refractivity contribution is 5.93. The van der Waals surface area contributed by atoms with Crippen molar-refractivity contribution in [1.29, 1.82) is 0 Å². The van der Waals surface area contributed by atoms with Crippen molar-refractivity contribution in [1.82, 2.24) is 0 Å². The number of allylic oxidation sites excluding steroid dienone is 2. The topological polar surface area (TPSA) is 32.4 Å². The quantitative estimate of drug-likeness (QED) is 0.430. The van der Waals surface area contributed by atoms with Crippen LogP contribution in [0.3, 0.4) is 0 Å². The van der Waals surface area contributed by atoms with Crippen LogP contribution in [0.2, 0.25) is 0 Å². The first-order valence-electron chi connectivity index (χ1n) is 2.41. The van der Waals surface area contributed by atoms with E-state index in [0.29, 0.717) is 10.6 Å². The molecule has 1 aliphatic heterocycles. The highest BCUT2D eigenvalue weighted by Gasteiger charge is 2.18. The van der Waals surface area contributed by atoms with Gasteiger partial charge in [-0.15, -0.1) is 0 Å². The fourth-order valence-electron chi connectivity index (χ4n) is 0.609. The Morgan fingerprint density at radius 3 is 2.38 bits per heavy atom. The van der Waals surface area contributed by atoms with Gasteiger partial charge >= 0.3 is 0 Å². The Morgan fingerprint density at radius 2 is 2.25 bits per heavy atom. The molecule has 0 aromatic heterocycles. The fraction of sp³-hybridized carbons (Fsp3) is 0.400. The minimum Gasteiger partial charge on any atom is -0.0157 e. The van der Waals surface area contributed by atoms with Crippen LogP contribution in [0.25, 0.3) is 0 Å². The van der Waals surface area contributed by atoms with Crippen molar-refractivity contribution in [3.8, 4) is 0 Å². The highest BCUT2D eigenvalue weighted by atomic mass is 16.3. The molecular weight excluding hydrogens is 104 g/mol.